The molecule has 2 heteroatoms. The molecular formula is C15H21NS. The third-order valence-corrected chi connectivity index (χ3v) is 5.79. The van der Waals surface area contributed by atoms with Gasteiger partial charge < -0.3 is 5.32 Å². The second-order valence-electron chi connectivity index (χ2n) is 5.51. The molecular weight excluding hydrogens is 226 g/mol. The monoisotopic (exact) mass is 247 g/mol. The maximum atomic E-state index is 3.60. The normalized spacial score (nSPS) is 33.1. The largest absolute Gasteiger partial charge is 0.316 e. The quantitative estimate of drug-likeness (QED) is 0.862. The first kappa shape index (κ1) is 11.6. The van der Waals surface area contributed by atoms with Crippen molar-refractivity contribution in [2.45, 2.75) is 19.3 Å². The average molecular weight is 247 g/mol. The Hall–Kier alpha value is -0.470. The van der Waals surface area contributed by atoms with Gasteiger partial charge in [0.1, 0.15) is 0 Å². The molecule has 0 radical (unpaired) electrons. The fourth-order valence-electron chi connectivity index (χ4n) is 3.36. The van der Waals surface area contributed by atoms with E-state index in [1.54, 1.807) is 0 Å². The number of rotatable bonds is 2. The van der Waals surface area contributed by atoms with Gasteiger partial charge in [-0.05, 0) is 60.8 Å². The van der Waals surface area contributed by atoms with Crippen LogP contribution in [0.1, 0.15) is 18.4 Å². The van der Waals surface area contributed by atoms with E-state index in [1.165, 1.54) is 49.4 Å². The standard InChI is InChI=1S/C15H21NS/c1-2-4-13(5-3-1)10-14-11-16-8-6-15(14)7-9-17-12-15/h1-5,14,16H,6-12H2. The number of hydrogen-bond donors (Lipinski definition) is 1. The maximum absolute atomic E-state index is 3.60. The molecule has 92 valence electrons. The lowest BCUT2D eigenvalue weighted by atomic mass is 9.68. The van der Waals surface area contributed by atoms with Gasteiger partial charge in [-0.25, -0.2) is 0 Å². The van der Waals surface area contributed by atoms with Crippen molar-refractivity contribution in [3.8, 4) is 0 Å². The van der Waals surface area contributed by atoms with Gasteiger partial charge in [-0.15, -0.1) is 0 Å². The highest BCUT2D eigenvalue weighted by Crippen LogP contribution is 2.47. The molecule has 2 aliphatic rings. The van der Waals surface area contributed by atoms with E-state index in [4.69, 9.17) is 0 Å². The van der Waals surface area contributed by atoms with E-state index >= 15 is 0 Å². The molecule has 2 saturated heterocycles. The number of nitrogens with one attached hydrogen (secondary N) is 1. The van der Waals surface area contributed by atoms with Gasteiger partial charge >= 0.3 is 0 Å². The van der Waals surface area contributed by atoms with E-state index in [9.17, 15) is 0 Å². The van der Waals surface area contributed by atoms with E-state index in [2.05, 4.69) is 47.4 Å². The number of piperidine rings is 1. The molecule has 2 atom stereocenters. The minimum Gasteiger partial charge on any atom is -0.316 e. The van der Waals surface area contributed by atoms with Gasteiger partial charge in [-0.3, -0.25) is 0 Å². The van der Waals surface area contributed by atoms with Gasteiger partial charge in [-0.1, -0.05) is 30.3 Å². The van der Waals surface area contributed by atoms with E-state index < -0.39 is 0 Å². The Morgan fingerprint density at radius 1 is 1.24 bits per heavy atom. The summed E-state index contributed by atoms with van der Waals surface area (Å²) in [5, 5.41) is 3.60. The molecule has 0 saturated carbocycles. The van der Waals surface area contributed by atoms with Crippen LogP contribution < -0.4 is 5.32 Å². The lowest BCUT2D eigenvalue weighted by molar-refractivity contribution is 0.138. The number of thioether (sulfide) groups is 1. The Kier molecular flexibility index (Phi) is 3.44. The minimum absolute atomic E-state index is 0.645. The molecule has 3 rings (SSSR count). The first-order valence-corrected chi connectivity index (χ1v) is 7.87. The Balaban J connectivity index is 1.76. The van der Waals surface area contributed by atoms with Crippen molar-refractivity contribution in [2.24, 2.45) is 11.3 Å². The molecule has 2 unspecified atom stereocenters. The molecule has 0 aromatic heterocycles. The lowest BCUT2D eigenvalue weighted by Crippen LogP contribution is -2.46. The Morgan fingerprint density at radius 3 is 2.88 bits per heavy atom. The average Bonchev–Trinajstić information content (AvgIpc) is 2.83. The van der Waals surface area contributed by atoms with Crippen LogP contribution in [-0.4, -0.2) is 24.6 Å². The lowest BCUT2D eigenvalue weighted by Gasteiger charge is -2.41. The third kappa shape index (κ3) is 2.38. The summed E-state index contributed by atoms with van der Waals surface area (Å²) in [4.78, 5) is 0. The highest BCUT2D eigenvalue weighted by atomic mass is 32.2. The third-order valence-electron chi connectivity index (χ3n) is 4.52. The highest BCUT2D eigenvalue weighted by molar-refractivity contribution is 7.99. The summed E-state index contributed by atoms with van der Waals surface area (Å²) >= 11 is 2.17. The van der Waals surface area contributed by atoms with Crippen molar-refractivity contribution in [1.82, 2.24) is 5.32 Å². The van der Waals surface area contributed by atoms with Gasteiger partial charge in [0.15, 0.2) is 0 Å². The zero-order valence-corrected chi connectivity index (χ0v) is 11.1. The zero-order chi connectivity index (χ0) is 11.6. The molecule has 1 aromatic carbocycles. The van der Waals surface area contributed by atoms with Crippen molar-refractivity contribution < 1.29 is 0 Å². The van der Waals surface area contributed by atoms with Crippen LogP contribution in [-0.2, 0) is 6.42 Å². The van der Waals surface area contributed by atoms with Crippen molar-refractivity contribution in [3.63, 3.8) is 0 Å². The summed E-state index contributed by atoms with van der Waals surface area (Å²) in [7, 11) is 0. The summed E-state index contributed by atoms with van der Waals surface area (Å²) in [6, 6.07) is 11.0. The van der Waals surface area contributed by atoms with Crippen LogP contribution in [0.5, 0.6) is 0 Å². The smallest absolute Gasteiger partial charge is 0.000678 e. The molecule has 0 aliphatic carbocycles. The molecule has 1 aromatic rings. The number of benzene rings is 1. The summed E-state index contributed by atoms with van der Waals surface area (Å²) in [5.74, 6) is 3.62. The van der Waals surface area contributed by atoms with Crippen LogP contribution in [0.2, 0.25) is 0 Å². The summed E-state index contributed by atoms with van der Waals surface area (Å²) in [5.41, 5.74) is 2.16. The molecule has 0 amide bonds. The van der Waals surface area contributed by atoms with Crippen molar-refractivity contribution in [2.75, 3.05) is 24.6 Å². The fourth-order valence-corrected chi connectivity index (χ4v) is 4.99. The maximum Gasteiger partial charge on any atom is -0.000678 e. The van der Waals surface area contributed by atoms with E-state index in [0.29, 0.717) is 5.41 Å². The summed E-state index contributed by atoms with van der Waals surface area (Å²) in [6.07, 6.45) is 4.09. The van der Waals surface area contributed by atoms with Crippen LogP contribution in [0.15, 0.2) is 30.3 Å². The minimum atomic E-state index is 0.645. The van der Waals surface area contributed by atoms with Crippen LogP contribution in [0, 0.1) is 11.3 Å². The van der Waals surface area contributed by atoms with Crippen molar-refractivity contribution in [1.29, 1.82) is 0 Å². The van der Waals surface area contributed by atoms with Gasteiger partial charge in [-0.2, -0.15) is 11.8 Å². The second-order valence-corrected chi connectivity index (χ2v) is 6.61. The first-order valence-electron chi connectivity index (χ1n) is 6.71. The Labute approximate surface area is 108 Å². The van der Waals surface area contributed by atoms with Crippen LogP contribution in [0.25, 0.3) is 0 Å². The van der Waals surface area contributed by atoms with E-state index in [1.807, 2.05) is 0 Å². The molecule has 1 nitrogen and oxygen atoms in total. The van der Waals surface area contributed by atoms with Crippen LogP contribution >= 0.6 is 11.8 Å². The van der Waals surface area contributed by atoms with Crippen molar-refractivity contribution in [3.05, 3.63) is 35.9 Å². The van der Waals surface area contributed by atoms with Gasteiger partial charge in [0.25, 0.3) is 0 Å². The molecule has 1 N–H and O–H groups in total. The Bertz CT molecular complexity index is 356. The van der Waals surface area contributed by atoms with Gasteiger partial charge in [0.2, 0.25) is 0 Å². The summed E-state index contributed by atoms with van der Waals surface area (Å²) in [6.45, 7) is 2.45. The predicted octanol–water partition coefficient (Wildman–Crippen LogP) is 2.96. The molecule has 0 bridgehead atoms. The topological polar surface area (TPSA) is 12.0 Å². The van der Waals surface area contributed by atoms with E-state index in [-0.39, 0.29) is 0 Å². The number of hydrogen-bond acceptors (Lipinski definition) is 2. The van der Waals surface area contributed by atoms with Gasteiger partial charge in [0.05, 0.1) is 0 Å². The second kappa shape index (κ2) is 5.03. The molecule has 2 fully saturated rings. The Morgan fingerprint density at radius 2 is 2.12 bits per heavy atom. The van der Waals surface area contributed by atoms with Crippen LogP contribution in [0.4, 0.5) is 0 Å². The molecule has 1 spiro atoms. The molecule has 17 heavy (non-hydrogen) atoms. The van der Waals surface area contributed by atoms with Crippen LogP contribution in [0.3, 0.4) is 0 Å². The van der Waals surface area contributed by atoms with E-state index in [0.717, 1.165) is 5.92 Å². The molecule has 2 aliphatic heterocycles. The SMILES string of the molecule is c1ccc(CC2CNCCC23CCSC3)cc1. The first-order chi connectivity index (χ1) is 8.39. The summed E-state index contributed by atoms with van der Waals surface area (Å²) < 4.78 is 0. The fraction of sp³-hybridized carbons (Fsp3) is 0.600. The van der Waals surface area contributed by atoms with Crippen molar-refractivity contribution >= 4 is 11.8 Å². The predicted molar refractivity (Wildman–Crippen MR) is 75.5 cm³/mol. The zero-order valence-electron chi connectivity index (χ0n) is 10.3. The highest BCUT2D eigenvalue weighted by Gasteiger charge is 2.42. The molecule has 2 heterocycles. The van der Waals surface area contributed by atoms with Gasteiger partial charge in [0, 0.05) is 0 Å².